The van der Waals surface area contributed by atoms with Crippen LogP contribution in [-0.2, 0) is 22.7 Å². The fourth-order valence-corrected chi connectivity index (χ4v) is 4.30. The van der Waals surface area contributed by atoms with Gasteiger partial charge in [-0.25, -0.2) is 8.42 Å². The molecule has 156 valence electrons. The fraction of sp³-hybridized carbons (Fsp3) is 0.0952. The van der Waals surface area contributed by atoms with E-state index < -0.39 is 27.7 Å². The molecule has 0 unspecified atom stereocenters. The van der Waals surface area contributed by atoms with Gasteiger partial charge in [0.25, 0.3) is 10.0 Å². The van der Waals surface area contributed by atoms with Crippen LogP contribution in [0.15, 0.2) is 83.8 Å². The van der Waals surface area contributed by atoms with Crippen LogP contribution in [0.4, 0.5) is 18.9 Å². The maximum atomic E-state index is 13.3. The number of carboxylic acids is 1. The number of rotatable bonds is 6. The molecule has 3 aromatic carbocycles. The molecule has 0 fully saturated rings. The first-order valence-electron chi connectivity index (χ1n) is 8.64. The highest BCUT2D eigenvalue weighted by atomic mass is 32.2. The lowest BCUT2D eigenvalue weighted by Crippen LogP contribution is -2.31. The molecule has 0 heterocycles. The van der Waals surface area contributed by atoms with Gasteiger partial charge in [0, 0.05) is 0 Å². The van der Waals surface area contributed by atoms with Gasteiger partial charge in [-0.2, -0.15) is 13.2 Å². The van der Waals surface area contributed by atoms with Crippen LogP contribution in [0.2, 0.25) is 0 Å². The van der Waals surface area contributed by atoms with E-state index in [1.54, 1.807) is 30.3 Å². The van der Waals surface area contributed by atoms with Gasteiger partial charge >= 0.3 is 6.18 Å². The third-order valence-corrected chi connectivity index (χ3v) is 6.06. The number of anilines is 1. The normalized spacial score (nSPS) is 11.8. The predicted molar refractivity (Wildman–Crippen MR) is 102 cm³/mol. The highest BCUT2D eigenvalue weighted by molar-refractivity contribution is 7.92. The SMILES string of the molecule is O=C([O-])c1cccc(S(=O)(=O)N(Cc2ccccc2)c2cccc(C(F)(F)F)c2)c1. The molecule has 0 aliphatic heterocycles. The van der Waals surface area contributed by atoms with Gasteiger partial charge < -0.3 is 9.90 Å². The second-order valence-corrected chi connectivity index (χ2v) is 8.22. The van der Waals surface area contributed by atoms with E-state index >= 15 is 0 Å². The Kier molecular flexibility index (Phi) is 5.84. The number of hydrogen-bond acceptors (Lipinski definition) is 4. The molecule has 0 aliphatic carbocycles. The Morgan fingerprint density at radius 1 is 0.900 bits per heavy atom. The third-order valence-electron chi connectivity index (χ3n) is 4.29. The standard InChI is InChI=1S/C21H16F3NO4S/c22-21(23,24)17-9-5-10-18(13-17)25(14-15-6-2-1-3-7-15)30(28,29)19-11-4-8-16(12-19)20(26)27/h1-13H,14H2,(H,26,27)/p-1. The summed E-state index contributed by atoms with van der Waals surface area (Å²) < 4.78 is 67.0. The summed E-state index contributed by atoms with van der Waals surface area (Å²) in [5.41, 5.74) is -1.03. The first-order valence-corrected chi connectivity index (χ1v) is 10.1. The summed E-state index contributed by atoms with van der Waals surface area (Å²) >= 11 is 0. The van der Waals surface area contributed by atoms with Crippen LogP contribution >= 0.6 is 0 Å². The second-order valence-electron chi connectivity index (χ2n) is 6.36. The number of carbonyl (C=O) groups excluding carboxylic acids is 1. The molecule has 0 saturated heterocycles. The quantitative estimate of drug-likeness (QED) is 0.595. The van der Waals surface area contributed by atoms with Crippen molar-refractivity contribution in [2.24, 2.45) is 0 Å². The van der Waals surface area contributed by atoms with Crippen LogP contribution in [0.5, 0.6) is 0 Å². The number of sulfonamides is 1. The summed E-state index contributed by atoms with van der Waals surface area (Å²) in [4.78, 5) is 10.7. The first-order chi connectivity index (χ1) is 14.1. The average Bonchev–Trinajstić information content (AvgIpc) is 2.72. The molecule has 0 aliphatic rings. The summed E-state index contributed by atoms with van der Waals surface area (Å²) in [7, 11) is -4.40. The monoisotopic (exact) mass is 434 g/mol. The van der Waals surface area contributed by atoms with Gasteiger partial charge in [0.05, 0.1) is 28.7 Å². The Hall–Kier alpha value is -3.33. The first kappa shape index (κ1) is 21.4. The zero-order valence-corrected chi connectivity index (χ0v) is 16.2. The largest absolute Gasteiger partial charge is 0.545 e. The van der Waals surface area contributed by atoms with E-state index in [2.05, 4.69) is 0 Å². The molecule has 0 spiro atoms. The minimum atomic E-state index is -4.66. The van der Waals surface area contributed by atoms with E-state index in [0.29, 0.717) is 5.56 Å². The lowest BCUT2D eigenvalue weighted by Gasteiger charge is -2.26. The number of halogens is 3. The third kappa shape index (κ3) is 4.62. The van der Waals surface area contributed by atoms with Crippen molar-refractivity contribution in [3.8, 4) is 0 Å². The number of carboxylic acid groups (broad SMARTS) is 1. The highest BCUT2D eigenvalue weighted by Crippen LogP contribution is 2.34. The van der Waals surface area contributed by atoms with E-state index in [4.69, 9.17) is 0 Å². The number of benzene rings is 3. The smallest absolute Gasteiger partial charge is 0.416 e. The van der Waals surface area contributed by atoms with Gasteiger partial charge in [-0.1, -0.05) is 48.5 Å². The van der Waals surface area contributed by atoms with Crippen molar-refractivity contribution in [3.05, 3.63) is 95.6 Å². The van der Waals surface area contributed by atoms with Crippen molar-refractivity contribution in [1.82, 2.24) is 0 Å². The van der Waals surface area contributed by atoms with Crippen LogP contribution in [0.25, 0.3) is 0 Å². The zero-order valence-electron chi connectivity index (χ0n) is 15.3. The number of carbonyl (C=O) groups is 1. The van der Waals surface area contributed by atoms with Crippen molar-refractivity contribution >= 4 is 21.7 Å². The molecule has 3 aromatic rings. The number of alkyl halides is 3. The van der Waals surface area contributed by atoms with Crippen LogP contribution in [-0.4, -0.2) is 14.4 Å². The van der Waals surface area contributed by atoms with E-state index in [1.165, 1.54) is 24.3 Å². The Morgan fingerprint density at radius 3 is 2.20 bits per heavy atom. The molecule has 30 heavy (non-hydrogen) atoms. The van der Waals surface area contributed by atoms with E-state index in [1.807, 2.05) is 0 Å². The lowest BCUT2D eigenvalue weighted by molar-refractivity contribution is -0.255. The van der Waals surface area contributed by atoms with Crippen molar-refractivity contribution in [2.45, 2.75) is 17.6 Å². The molecule has 0 amide bonds. The summed E-state index contributed by atoms with van der Waals surface area (Å²) in [6, 6.07) is 16.7. The van der Waals surface area contributed by atoms with Crippen molar-refractivity contribution in [2.75, 3.05) is 4.31 Å². The summed E-state index contributed by atoms with van der Waals surface area (Å²) in [6.45, 7) is -0.250. The number of hydrogen-bond donors (Lipinski definition) is 0. The molecule has 0 aromatic heterocycles. The second kappa shape index (κ2) is 8.19. The van der Waals surface area contributed by atoms with Gasteiger partial charge in [-0.3, -0.25) is 4.31 Å². The van der Waals surface area contributed by atoms with Crippen molar-refractivity contribution < 1.29 is 31.5 Å². The molecule has 0 saturated carbocycles. The average molecular weight is 434 g/mol. The Bertz CT molecular complexity index is 1160. The minimum absolute atomic E-state index is 0.201. The molecule has 9 heteroatoms. The zero-order chi connectivity index (χ0) is 21.9. The predicted octanol–water partition coefficient (Wildman–Crippen LogP) is 3.46. The molecule has 5 nitrogen and oxygen atoms in total. The van der Waals surface area contributed by atoms with Gasteiger partial charge in [0.1, 0.15) is 0 Å². The van der Waals surface area contributed by atoms with Crippen LogP contribution < -0.4 is 9.41 Å². The van der Waals surface area contributed by atoms with E-state index in [9.17, 15) is 31.5 Å². The highest BCUT2D eigenvalue weighted by Gasteiger charge is 2.32. The maximum absolute atomic E-state index is 13.3. The summed E-state index contributed by atoms with van der Waals surface area (Å²) in [6.07, 6.45) is -4.66. The molecule has 0 atom stereocenters. The molecular formula is C21H15F3NO4S-. The molecule has 0 N–H and O–H groups in total. The molecule has 0 bridgehead atoms. The van der Waals surface area contributed by atoms with E-state index in [0.717, 1.165) is 28.6 Å². The maximum Gasteiger partial charge on any atom is 0.416 e. The lowest BCUT2D eigenvalue weighted by atomic mass is 10.2. The Morgan fingerprint density at radius 2 is 1.57 bits per heavy atom. The number of nitrogens with zero attached hydrogens (tertiary/aromatic N) is 1. The molecule has 0 radical (unpaired) electrons. The van der Waals surface area contributed by atoms with Crippen LogP contribution in [0, 0.1) is 0 Å². The van der Waals surface area contributed by atoms with Gasteiger partial charge in [0.2, 0.25) is 0 Å². The molecular weight excluding hydrogens is 419 g/mol. The van der Waals surface area contributed by atoms with Gasteiger partial charge in [-0.05, 0) is 41.5 Å². The van der Waals surface area contributed by atoms with Crippen molar-refractivity contribution in [1.29, 1.82) is 0 Å². The van der Waals surface area contributed by atoms with Gasteiger partial charge in [0.15, 0.2) is 0 Å². The summed E-state index contributed by atoms with van der Waals surface area (Å²) in [5, 5.41) is 11.1. The molecule has 3 rings (SSSR count). The number of aromatic carboxylic acids is 1. The fourth-order valence-electron chi connectivity index (χ4n) is 2.81. The van der Waals surface area contributed by atoms with E-state index in [-0.39, 0.29) is 22.7 Å². The van der Waals surface area contributed by atoms with Gasteiger partial charge in [-0.15, -0.1) is 0 Å². The van der Waals surface area contributed by atoms with Crippen molar-refractivity contribution in [3.63, 3.8) is 0 Å². The Balaban J connectivity index is 2.14. The minimum Gasteiger partial charge on any atom is -0.545 e. The Labute approximate surface area is 171 Å². The van der Waals surface area contributed by atoms with Crippen LogP contribution in [0.1, 0.15) is 21.5 Å². The summed E-state index contributed by atoms with van der Waals surface area (Å²) in [5.74, 6) is -1.57. The van der Waals surface area contributed by atoms with Crippen LogP contribution in [0.3, 0.4) is 0 Å². The topological polar surface area (TPSA) is 77.5 Å².